The zero-order chi connectivity index (χ0) is 18.5. The Labute approximate surface area is 156 Å². The van der Waals surface area contributed by atoms with E-state index >= 15 is 0 Å². The first-order valence-corrected chi connectivity index (χ1v) is 10.1. The van der Waals surface area contributed by atoms with Crippen LogP contribution in [0.1, 0.15) is 57.9 Å². The summed E-state index contributed by atoms with van der Waals surface area (Å²) >= 11 is 0. The highest BCUT2D eigenvalue weighted by molar-refractivity contribution is 5.85. The number of ether oxygens (including phenoxy) is 1. The van der Waals surface area contributed by atoms with Crippen molar-refractivity contribution in [1.29, 1.82) is 0 Å². The first-order chi connectivity index (χ1) is 12.6. The van der Waals surface area contributed by atoms with Gasteiger partial charge in [-0.3, -0.25) is 4.79 Å². The number of nitrogens with zero attached hydrogens (tertiary/aromatic N) is 1. The number of rotatable bonds is 7. The Bertz CT molecular complexity index is 737. The fraction of sp³-hybridized carbons (Fsp3) is 0.591. The lowest BCUT2D eigenvalue weighted by molar-refractivity contribution is -0.136. The van der Waals surface area contributed by atoms with Crippen LogP contribution in [0.5, 0.6) is 5.75 Å². The SMILES string of the molecule is CCCCC1C(C)CCCN1C(=O)CCc1c[nH]c2ccc(OC)cc12. The molecule has 2 unspecified atom stereocenters. The number of methoxy groups -OCH3 is 1. The second kappa shape index (κ2) is 8.61. The van der Waals surface area contributed by atoms with Crippen molar-refractivity contribution in [3.8, 4) is 5.75 Å². The monoisotopic (exact) mass is 356 g/mol. The molecule has 142 valence electrons. The molecule has 1 aliphatic rings. The average Bonchev–Trinajstić information content (AvgIpc) is 3.07. The zero-order valence-corrected chi connectivity index (χ0v) is 16.4. The van der Waals surface area contributed by atoms with Gasteiger partial charge in [-0.2, -0.15) is 0 Å². The molecule has 4 nitrogen and oxygen atoms in total. The van der Waals surface area contributed by atoms with Crippen molar-refractivity contribution in [2.45, 2.75) is 64.8 Å². The van der Waals surface area contributed by atoms with Crippen LogP contribution in [0.15, 0.2) is 24.4 Å². The molecule has 1 N–H and O–H groups in total. The van der Waals surface area contributed by atoms with Gasteiger partial charge in [0.2, 0.25) is 5.91 Å². The first-order valence-electron chi connectivity index (χ1n) is 10.1. The first kappa shape index (κ1) is 18.8. The van der Waals surface area contributed by atoms with E-state index < -0.39 is 0 Å². The number of nitrogens with one attached hydrogen (secondary N) is 1. The van der Waals surface area contributed by atoms with Gasteiger partial charge in [0, 0.05) is 36.1 Å². The van der Waals surface area contributed by atoms with E-state index in [0.29, 0.717) is 24.3 Å². The van der Waals surface area contributed by atoms with Crippen molar-refractivity contribution in [2.24, 2.45) is 5.92 Å². The molecule has 0 bridgehead atoms. The van der Waals surface area contributed by atoms with Crippen LogP contribution in [0.3, 0.4) is 0 Å². The van der Waals surface area contributed by atoms with Crippen molar-refractivity contribution < 1.29 is 9.53 Å². The molecule has 1 fully saturated rings. The van der Waals surface area contributed by atoms with E-state index in [9.17, 15) is 4.79 Å². The number of benzene rings is 1. The number of hydrogen-bond donors (Lipinski definition) is 1. The maximum atomic E-state index is 13.0. The van der Waals surface area contributed by atoms with Crippen molar-refractivity contribution in [3.05, 3.63) is 30.0 Å². The molecule has 26 heavy (non-hydrogen) atoms. The minimum absolute atomic E-state index is 0.315. The van der Waals surface area contributed by atoms with Crippen LogP contribution >= 0.6 is 0 Å². The number of carbonyl (C=O) groups is 1. The molecule has 1 aromatic heterocycles. The van der Waals surface area contributed by atoms with Crippen LogP contribution in [-0.4, -0.2) is 35.5 Å². The van der Waals surface area contributed by atoms with Crippen molar-refractivity contribution in [3.63, 3.8) is 0 Å². The standard InChI is InChI=1S/C22H32N2O2/c1-4-5-8-21-16(2)7-6-13-24(21)22(25)12-9-17-15-23-20-11-10-18(26-3)14-19(17)20/h10-11,14-16,21,23H,4-9,12-13H2,1-3H3. The van der Waals surface area contributed by atoms with Crippen molar-refractivity contribution in [2.75, 3.05) is 13.7 Å². The number of likely N-dealkylation sites (tertiary alicyclic amines) is 1. The normalized spacial score (nSPS) is 20.5. The highest BCUT2D eigenvalue weighted by atomic mass is 16.5. The predicted molar refractivity (Wildman–Crippen MR) is 107 cm³/mol. The predicted octanol–water partition coefficient (Wildman–Crippen LogP) is 4.93. The molecule has 1 saturated heterocycles. The maximum absolute atomic E-state index is 13.0. The summed E-state index contributed by atoms with van der Waals surface area (Å²) in [5.74, 6) is 1.79. The van der Waals surface area contributed by atoms with E-state index in [4.69, 9.17) is 4.74 Å². The van der Waals surface area contributed by atoms with Crippen LogP contribution < -0.4 is 4.74 Å². The average molecular weight is 357 g/mol. The third-order valence-corrected chi connectivity index (χ3v) is 5.87. The van der Waals surface area contributed by atoms with Gasteiger partial charge in [-0.05, 0) is 55.4 Å². The highest BCUT2D eigenvalue weighted by Crippen LogP contribution is 2.29. The molecule has 2 heterocycles. The van der Waals surface area contributed by atoms with Gasteiger partial charge in [-0.25, -0.2) is 0 Å². The van der Waals surface area contributed by atoms with E-state index in [2.05, 4.69) is 29.8 Å². The number of unbranched alkanes of at least 4 members (excludes halogenated alkanes) is 1. The van der Waals surface area contributed by atoms with E-state index in [0.717, 1.165) is 42.5 Å². The fourth-order valence-electron chi connectivity index (χ4n) is 4.29. The van der Waals surface area contributed by atoms with Gasteiger partial charge in [0.15, 0.2) is 0 Å². The summed E-state index contributed by atoms with van der Waals surface area (Å²) in [5.41, 5.74) is 2.29. The quantitative estimate of drug-likeness (QED) is 0.765. The molecule has 0 saturated carbocycles. The van der Waals surface area contributed by atoms with Crippen LogP contribution in [0, 0.1) is 5.92 Å². The van der Waals surface area contributed by atoms with E-state index in [-0.39, 0.29) is 0 Å². The highest BCUT2D eigenvalue weighted by Gasteiger charge is 2.30. The molecule has 1 aromatic carbocycles. The van der Waals surface area contributed by atoms with Gasteiger partial charge in [0.25, 0.3) is 0 Å². The van der Waals surface area contributed by atoms with E-state index in [1.807, 2.05) is 18.3 Å². The molecule has 3 rings (SSSR count). The molecule has 0 aliphatic carbocycles. The minimum Gasteiger partial charge on any atom is -0.497 e. The molecule has 1 amide bonds. The summed E-state index contributed by atoms with van der Waals surface area (Å²) in [6, 6.07) is 6.48. The topological polar surface area (TPSA) is 45.3 Å². The van der Waals surface area contributed by atoms with Gasteiger partial charge in [0.05, 0.1) is 7.11 Å². The molecule has 2 atom stereocenters. The lowest BCUT2D eigenvalue weighted by Crippen LogP contribution is -2.47. The maximum Gasteiger partial charge on any atom is 0.223 e. The Morgan fingerprint density at radius 3 is 3.00 bits per heavy atom. The summed E-state index contributed by atoms with van der Waals surface area (Å²) in [7, 11) is 1.69. The number of aromatic amines is 1. The second-order valence-electron chi connectivity index (χ2n) is 7.64. The van der Waals surface area contributed by atoms with Crippen LogP contribution in [0.25, 0.3) is 10.9 Å². The molecule has 0 spiro atoms. The van der Waals surface area contributed by atoms with Gasteiger partial charge in [-0.1, -0.05) is 26.7 Å². The largest absolute Gasteiger partial charge is 0.497 e. The van der Waals surface area contributed by atoms with Crippen LogP contribution in [0.2, 0.25) is 0 Å². The number of aromatic nitrogens is 1. The molecule has 2 aromatic rings. The summed E-state index contributed by atoms with van der Waals surface area (Å²) in [6.45, 7) is 5.47. The minimum atomic E-state index is 0.315. The van der Waals surface area contributed by atoms with Crippen LogP contribution in [0.4, 0.5) is 0 Å². The summed E-state index contributed by atoms with van der Waals surface area (Å²) in [4.78, 5) is 18.4. The van der Waals surface area contributed by atoms with Crippen LogP contribution in [-0.2, 0) is 11.2 Å². The Kier molecular flexibility index (Phi) is 6.23. The Balaban J connectivity index is 1.67. The van der Waals surface area contributed by atoms with Gasteiger partial charge < -0.3 is 14.6 Å². The summed E-state index contributed by atoms with van der Waals surface area (Å²) < 4.78 is 5.34. The lowest BCUT2D eigenvalue weighted by Gasteiger charge is -2.40. The van der Waals surface area contributed by atoms with Gasteiger partial charge in [-0.15, -0.1) is 0 Å². The Morgan fingerprint density at radius 2 is 2.23 bits per heavy atom. The number of carbonyl (C=O) groups excluding carboxylic acids is 1. The second-order valence-corrected chi connectivity index (χ2v) is 7.64. The van der Waals surface area contributed by atoms with Crippen molar-refractivity contribution in [1.82, 2.24) is 9.88 Å². The van der Waals surface area contributed by atoms with Crippen molar-refractivity contribution >= 4 is 16.8 Å². The smallest absolute Gasteiger partial charge is 0.223 e. The fourth-order valence-corrected chi connectivity index (χ4v) is 4.29. The van der Waals surface area contributed by atoms with Gasteiger partial charge >= 0.3 is 0 Å². The summed E-state index contributed by atoms with van der Waals surface area (Å²) in [5, 5.41) is 1.16. The zero-order valence-electron chi connectivity index (χ0n) is 16.4. The molecule has 4 heteroatoms. The lowest BCUT2D eigenvalue weighted by atomic mass is 9.87. The third-order valence-electron chi connectivity index (χ3n) is 5.87. The summed E-state index contributed by atoms with van der Waals surface area (Å²) in [6.07, 6.45) is 9.33. The Morgan fingerprint density at radius 1 is 1.38 bits per heavy atom. The number of H-pyrrole nitrogens is 1. The number of piperidine rings is 1. The number of hydrogen-bond acceptors (Lipinski definition) is 2. The molecule has 0 radical (unpaired) electrons. The molecular formula is C22H32N2O2. The third kappa shape index (κ3) is 4.05. The molecule has 1 aliphatic heterocycles. The van der Waals surface area contributed by atoms with E-state index in [1.165, 1.54) is 24.8 Å². The van der Waals surface area contributed by atoms with E-state index in [1.54, 1.807) is 7.11 Å². The number of fused-ring (bicyclic) bond motifs is 1. The number of aryl methyl sites for hydroxylation is 1. The number of amides is 1. The Hall–Kier alpha value is -1.97. The molecular weight excluding hydrogens is 324 g/mol. The van der Waals surface area contributed by atoms with Gasteiger partial charge in [0.1, 0.15) is 5.75 Å².